The molecule has 4 heteroatoms. The third kappa shape index (κ3) is 2.94. The highest BCUT2D eigenvalue weighted by molar-refractivity contribution is 4.96. The molecule has 4 nitrogen and oxygen atoms in total. The molecule has 1 aromatic heterocycles. The molecule has 1 fully saturated rings. The zero-order chi connectivity index (χ0) is 12.3. The van der Waals surface area contributed by atoms with E-state index in [1.54, 1.807) is 17.0 Å². The number of nitrogens with zero attached hydrogens (tertiary/aromatic N) is 2. The van der Waals surface area contributed by atoms with E-state index in [4.69, 9.17) is 0 Å². The molecular formula is C13H21N3O. The summed E-state index contributed by atoms with van der Waals surface area (Å²) in [5, 5.41) is 3.37. The van der Waals surface area contributed by atoms with E-state index in [1.807, 2.05) is 14.0 Å². The van der Waals surface area contributed by atoms with Gasteiger partial charge in [0, 0.05) is 24.3 Å². The minimum atomic E-state index is 0.0662. The largest absolute Gasteiger partial charge is 0.317 e. The van der Waals surface area contributed by atoms with Crippen LogP contribution in [0.1, 0.15) is 31.4 Å². The van der Waals surface area contributed by atoms with Crippen LogP contribution in [0.5, 0.6) is 0 Å². The molecule has 1 N–H and O–H groups in total. The van der Waals surface area contributed by atoms with E-state index >= 15 is 0 Å². The normalized spacial score (nSPS) is 24.1. The molecule has 0 radical (unpaired) electrons. The van der Waals surface area contributed by atoms with E-state index in [0.29, 0.717) is 12.0 Å². The lowest BCUT2D eigenvalue weighted by Gasteiger charge is -2.19. The first-order valence-electron chi connectivity index (χ1n) is 6.41. The van der Waals surface area contributed by atoms with Crippen LogP contribution in [0.2, 0.25) is 0 Å². The molecule has 1 aliphatic carbocycles. The number of aryl methyl sites for hydroxylation is 2. The third-order valence-corrected chi connectivity index (χ3v) is 3.79. The van der Waals surface area contributed by atoms with Gasteiger partial charge in [0.05, 0.1) is 6.33 Å². The van der Waals surface area contributed by atoms with Gasteiger partial charge in [-0.2, -0.15) is 0 Å². The smallest absolute Gasteiger partial charge is 0.253 e. The molecule has 0 bridgehead atoms. The maximum Gasteiger partial charge on any atom is 0.253 e. The summed E-state index contributed by atoms with van der Waals surface area (Å²) in [5.74, 6) is 0.702. The Kier molecular flexibility index (Phi) is 3.94. The predicted molar refractivity (Wildman–Crippen MR) is 68.0 cm³/mol. The second-order valence-electron chi connectivity index (χ2n) is 4.94. The van der Waals surface area contributed by atoms with Crippen molar-refractivity contribution in [2.24, 2.45) is 5.92 Å². The summed E-state index contributed by atoms with van der Waals surface area (Å²) in [7, 11) is 2.03. The summed E-state index contributed by atoms with van der Waals surface area (Å²) in [6.07, 6.45) is 6.58. The van der Waals surface area contributed by atoms with Gasteiger partial charge in [-0.3, -0.25) is 9.36 Å². The Labute approximate surface area is 102 Å². The summed E-state index contributed by atoms with van der Waals surface area (Å²) in [6, 6.07) is 2.23. The van der Waals surface area contributed by atoms with Crippen LogP contribution in [0.3, 0.4) is 0 Å². The standard InChI is InChI=1S/C13H21N3O/c1-10-8-13(17)16(9-15-10)7-6-11-4-3-5-12(11)14-2/h8-9,11-12,14H,3-7H2,1-2H3. The third-order valence-electron chi connectivity index (χ3n) is 3.79. The molecule has 17 heavy (non-hydrogen) atoms. The SMILES string of the molecule is CNC1CCCC1CCn1cnc(C)cc1=O. The van der Waals surface area contributed by atoms with E-state index in [1.165, 1.54) is 19.3 Å². The minimum absolute atomic E-state index is 0.0662. The first-order valence-corrected chi connectivity index (χ1v) is 6.41. The number of hydrogen-bond donors (Lipinski definition) is 1. The molecule has 1 aliphatic rings. The lowest BCUT2D eigenvalue weighted by molar-refractivity contribution is 0.374. The van der Waals surface area contributed by atoms with Crippen LogP contribution in [-0.2, 0) is 6.54 Å². The maximum atomic E-state index is 11.7. The summed E-state index contributed by atoms with van der Waals surface area (Å²) in [6.45, 7) is 2.63. The molecule has 1 heterocycles. The highest BCUT2D eigenvalue weighted by Gasteiger charge is 2.25. The van der Waals surface area contributed by atoms with Crippen molar-refractivity contribution in [2.45, 2.75) is 45.2 Å². The van der Waals surface area contributed by atoms with Gasteiger partial charge in [-0.1, -0.05) is 6.42 Å². The Bertz CT molecular complexity index is 427. The summed E-state index contributed by atoms with van der Waals surface area (Å²) in [4.78, 5) is 15.9. The van der Waals surface area contributed by atoms with Crippen LogP contribution < -0.4 is 10.9 Å². The number of hydrogen-bond acceptors (Lipinski definition) is 3. The van der Waals surface area contributed by atoms with Crippen molar-refractivity contribution in [3.8, 4) is 0 Å². The Hall–Kier alpha value is -1.16. The second kappa shape index (κ2) is 5.45. The monoisotopic (exact) mass is 235 g/mol. The van der Waals surface area contributed by atoms with Gasteiger partial charge < -0.3 is 5.32 Å². The van der Waals surface area contributed by atoms with Gasteiger partial charge in [0.2, 0.25) is 0 Å². The van der Waals surface area contributed by atoms with Gasteiger partial charge in [-0.25, -0.2) is 4.98 Å². The van der Waals surface area contributed by atoms with Gasteiger partial charge in [0.1, 0.15) is 0 Å². The zero-order valence-electron chi connectivity index (χ0n) is 10.6. The van der Waals surface area contributed by atoms with Gasteiger partial charge in [0.25, 0.3) is 5.56 Å². The first-order chi connectivity index (χ1) is 8.20. The molecule has 1 saturated carbocycles. The predicted octanol–water partition coefficient (Wildman–Crippen LogP) is 1.33. The topological polar surface area (TPSA) is 46.9 Å². The number of nitrogens with one attached hydrogen (secondary N) is 1. The molecule has 94 valence electrons. The summed E-state index contributed by atoms with van der Waals surface area (Å²) in [5.41, 5.74) is 0.858. The maximum absolute atomic E-state index is 11.7. The summed E-state index contributed by atoms with van der Waals surface area (Å²) < 4.78 is 1.72. The van der Waals surface area contributed by atoms with Crippen molar-refractivity contribution >= 4 is 0 Å². The molecule has 0 saturated heterocycles. The molecular weight excluding hydrogens is 214 g/mol. The van der Waals surface area contributed by atoms with Gasteiger partial charge >= 0.3 is 0 Å². The van der Waals surface area contributed by atoms with E-state index in [0.717, 1.165) is 18.7 Å². The quantitative estimate of drug-likeness (QED) is 0.856. The van der Waals surface area contributed by atoms with E-state index in [-0.39, 0.29) is 5.56 Å². The van der Waals surface area contributed by atoms with E-state index in [9.17, 15) is 4.79 Å². The molecule has 2 unspecified atom stereocenters. The van der Waals surface area contributed by atoms with Gasteiger partial charge in [0.15, 0.2) is 0 Å². The fourth-order valence-corrected chi connectivity index (χ4v) is 2.75. The molecule has 2 atom stereocenters. The molecule has 0 aliphatic heterocycles. The fourth-order valence-electron chi connectivity index (χ4n) is 2.75. The van der Waals surface area contributed by atoms with Crippen LogP contribution in [-0.4, -0.2) is 22.6 Å². The van der Waals surface area contributed by atoms with Crippen molar-refractivity contribution in [1.82, 2.24) is 14.9 Å². The molecule has 1 aromatic rings. The highest BCUT2D eigenvalue weighted by atomic mass is 16.1. The lowest BCUT2D eigenvalue weighted by atomic mass is 10.00. The zero-order valence-corrected chi connectivity index (χ0v) is 10.6. The second-order valence-corrected chi connectivity index (χ2v) is 4.94. The summed E-state index contributed by atoms with van der Waals surface area (Å²) >= 11 is 0. The van der Waals surface area contributed by atoms with E-state index in [2.05, 4.69) is 10.3 Å². The van der Waals surface area contributed by atoms with Crippen molar-refractivity contribution in [2.75, 3.05) is 7.05 Å². The molecule has 0 aromatic carbocycles. The van der Waals surface area contributed by atoms with Crippen LogP contribution in [0, 0.1) is 12.8 Å². The van der Waals surface area contributed by atoms with Crippen LogP contribution in [0.4, 0.5) is 0 Å². The van der Waals surface area contributed by atoms with Crippen LogP contribution in [0.25, 0.3) is 0 Å². The average molecular weight is 235 g/mol. The Morgan fingerprint density at radius 1 is 1.53 bits per heavy atom. The van der Waals surface area contributed by atoms with Gasteiger partial charge in [-0.05, 0) is 39.2 Å². The number of aromatic nitrogens is 2. The highest BCUT2D eigenvalue weighted by Crippen LogP contribution is 2.28. The number of rotatable bonds is 4. The van der Waals surface area contributed by atoms with E-state index < -0.39 is 0 Å². The average Bonchev–Trinajstić information content (AvgIpc) is 2.75. The first kappa shape index (κ1) is 12.3. The molecule has 0 amide bonds. The molecule has 0 spiro atoms. The lowest BCUT2D eigenvalue weighted by Crippen LogP contribution is -2.30. The van der Waals surface area contributed by atoms with Crippen LogP contribution >= 0.6 is 0 Å². The van der Waals surface area contributed by atoms with Crippen molar-refractivity contribution in [3.63, 3.8) is 0 Å². The fraction of sp³-hybridized carbons (Fsp3) is 0.692. The Balaban J connectivity index is 1.95. The molecule has 2 rings (SSSR count). The van der Waals surface area contributed by atoms with Crippen molar-refractivity contribution < 1.29 is 0 Å². The minimum Gasteiger partial charge on any atom is -0.317 e. The Morgan fingerprint density at radius 3 is 3.06 bits per heavy atom. The van der Waals surface area contributed by atoms with Crippen LogP contribution in [0.15, 0.2) is 17.2 Å². The van der Waals surface area contributed by atoms with Crippen molar-refractivity contribution in [3.05, 3.63) is 28.4 Å². The Morgan fingerprint density at radius 2 is 2.35 bits per heavy atom. The van der Waals surface area contributed by atoms with Crippen molar-refractivity contribution in [1.29, 1.82) is 0 Å². The van der Waals surface area contributed by atoms with Gasteiger partial charge in [-0.15, -0.1) is 0 Å².